The molecule has 3 rings (SSSR count). The highest BCUT2D eigenvalue weighted by molar-refractivity contribution is 5.66. The second-order valence-corrected chi connectivity index (χ2v) is 6.17. The first-order valence-corrected chi connectivity index (χ1v) is 8.48. The summed E-state index contributed by atoms with van der Waals surface area (Å²) in [6, 6.07) is 17.7. The topological polar surface area (TPSA) is 53.4 Å². The SMILES string of the molecule is O=C(O)N(Cc1ccccc1)C(c1ccc(C(F)(F)F)cc1)c1ccccn1. The molecule has 0 fully saturated rings. The summed E-state index contributed by atoms with van der Waals surface area (Å²) in [6.07, 6.45) is -4.13. The Morgan fingerprint density at radius 1 is 0.964 bits per heavy atom. The van der Waals surface area contributed by atoms with Gasteiger partial charge in [0.05, 0.1) is 17.8 Å². The summed E-state index contributed by atoms with van der Waals surface area (Å²) in [6.45, 7) is 0.0679. The number of pyridine rings is 1. The van der Waals surface area contributed by atoms with Crippen molar-refractivity contribution in [2.75, 3.05) is 0 Å². The quantitative estimate of drug-likeness (QED) is 0.641. The average molecular weight is 386 g/mol. The number of halogens is 3. The highest BCUT2D eigenvalue weighted by Crippen LogP contribution is 2.33. The van der Waals surface area contributed by atoms with Crippen molar-refractivity contribution in [3.63, 3.8) is 0 Å². The van der Waals surface area contributed by atoms with Crippen LogP contribution in [0.15, 0.2) is 79.0 Å². The van der Waals surface area contributed by atoms with E-state index in [2.05, 4.69) is 4.98 Å². The largest absolute Gasteiger partial charge is 0.465 e. The first kappa shape index (κ1) is 19.4. The molecule has 0 aliphatic rings. The third-order valence-corrected chi connectivity index (χ3v) is 4.27. The van der Waals surface area contributed by atoms with Crippen LogP contribution in [0.25, 0.3) is 0 Å². The van der Waals surface area contributed by atoms with Crippen LogP contribution in [-0.2, 0) is 12.7 Å². The molecule has 1 unspecified atom stereocenters. The number of carbonyl (C=O) groups is 1. The molecule has 0 bridgehead atoms. The molecule has 1 N–H and O–H groups in total. The highest BCUT2D eigenvalue weighted by atomic mass is 19.4. The van der Waals surface area contributed by atoms with Crippen molar-refractivity contribution >= 4 is 6.09 Å². The zero-order valence-corrected chi connectivity index (χ0v) is 14.7. The second kappa shape index (κ2) is 8.12. The molecule has 0 saturated heterocycles. The molecular weight excluding hydrogens is 369 g/mol. The van der Waals surface area contributed by atoms with E-state index in [1.807, 2.05) is 6.07 Å². The molecule has 7 heteroatoms. The van der Waals surface area contributed by atoms with Gasteiger partial charge < -0.3 is 5.11 Å². The summed E-state index contributed by atoms with van der Waals surface area (Å²) in [5.74, 6) is 0. The smallest absolute Gasteiger partial charge is 0.416 e. The van der Waals surface area contributed by atoms with Gasteiger partial charge in [-0.25, -0.2) is 4.79 Å². The minimum atomic E-state index is -4.46. The predicted octanol–water partition coefficient (Wildman–Crippen LogP) is 5.37. The summed E-state index contributed by atoms with van der Waals surface area (Å²) in [4.78, 5) is 17.4. The monoisotopic (exact) mass is 386 g/mol. The van der Waals surface area contributed by atoms with E-state index in [9.17, 15) is 23.1 Å². The van der Waals surface area contributed by atoms with E-state index in [0.29, 0.717) is 11.3 Å². The molecule has 2 aromatic carbocycles. The van der Waals surface area contributed by atoms with Crippen LogP contribution < -0.4 is 0 Å². The maximum Gasteiger partial charge on any atom is 0.416 e. The Bertz CT molecular complexity index is 914. The lowest BCUT2D eigenvalue weighted by molar-refractivity contribution is -0.137. The zero-order valence-electron chi connectivity index (χ0n) is 14.7. The van der Waals surface area contributed by atoms with E-state index >= 15 is 0 Å². The molecule has 1 amide bonds. The second-order valence-electron chi connectivity index (χ2n) is 6.17. The standard InChI is InChI=1S/C21H17F3N2O2/c22-21(23,24)17-11-9-16(10-12-17)19(18-8-4-5-13-25-18)26(20(27)28)14-15-6-2-1-3-7-15/h1-13,19H,14H2,(H,27,28). The molecule has 0 saturated carbocycles. The van der Waals surface area contributed by atoms with Gasteiger partial charge in [0.2, 0.25) is 0 Å². The van der Waals surface area contributed by atoms with E-state index < -0.39 is 23.9 Å². The van der Waals surface area contributed by atoms with Crippen LogP contribution in [0.4, 0.5) is 18.0 Å². The summed E-state index contributed by atoms with van der Waals surface area (Å²) in [7, 11) is 0. The average Bonchev–Trinajstić information content (AvgIpc) is 2.69. The van der Waals surface area contributed by atoms with Crippen molar-refractivity contribution in [2.24, 2.45) is 0 Å². The lowest BCUT2D eigenvalue weighted by Crippen LogP contribution is -2.34. The zero-order chi connectivity index (χ0) is 20.1. The fraction of sp³-hybridized carbons (Fsp3) is 0.143. The Kier molecular flexibility index (Phi) is 5.63. The predicted molar refractivity (Wildman–Crippen MR) is 97.5 cm³/mol. The Labute approximate surface area is 159 Å². The summed E-state index contributed by atoms with van der Waals surface area (Å²) < 4.78 is 38.7. The summed E-state index contributed by atoms with van der Waals surface area (Å²) in [5, 5.41) is 9.83. The number of carboxylic acid groups (broad SMARTS) is 1. The van der Waals surface area contributed by atoms with Crippen molar-refractivity contribution in [3.8, 4) is 0 Å². The van der Waals surface area contributed by atoms with E-state index in [0.717, 1.165) is 17.7 Å². The summed E-state index contributed by atoms with van der Waals surface area (Å²) >= 11 is 0. The number of alkyl halides is 3. The van der Waals surface area contributed by atoms with Crippen LogP contribution >= 0.6 is 0 Å². The normalized spacial score (nSPS) is 12.4. The number of nitrogens with zero attached hydrogens (tertiary/aromatic N) is 2. The molecule has 1 heterocycles. The van der Waals surface area contributed by atoms with Gasteiger partial charge in [-0.1, -0.05) is 48.5 Å². The van der Waals surface area contributed by atoms with Gasteiger partial charge in [-0.2, -0.15) is 13.2 Å². The maximum atomic E-state index is 12.9. The highest BCUT2D eigenvalue weighted by Gasteiger charge is 2.32. The minimum Gasteiger partial charge on any atom is -0.465 e. The van der Waals surface area contributed by atoms with Crippen molar-refractivity contribution in [2.45, 2.75) is 18.8 Å². The number of rotatable bonds is 5. The van der Waals surface area contributed by atoms with Crippen molar-refractivity contribution < 1.29 is 23.1 Å². The van der Waals surface area contributed by atoms with Crippen LogP contribution in [0.3, 0.4) is 0 Å². The minimum absolute atomic E-state index is 0.0679. The van der Waals surface area contributed by atoms with Gasteiger partial charge in [0, 0.05) is 6.20 Å². The third kappa shape index (κ3) is 4.49. The van der Waals surface area contributed by atoms with Crippen molar-refractivity contribution in [1.82, 2.24) is 9.88 Å². The molecule has 1 atom stereocenters. The van der Waals surface area contributed by atoms with Crippen LogP contribution in [0.2, 0.25) is 0 Å². The first-order chi connectivity index (χ1) is 13.4. The molecule has 1 aromatic heterocycles. The van der Waals surface area contributed by atoms with E-state index in [1.54, 1.807) is 42.5 Å². The Morgan fingerprint density at radius 3 is 2.14 bits per heavy atom. The Balaban J connectivity index is 2.04. The molecule has 0 aliphatic heterocycles. The lowest BCUT2D eigenvalue weighted by atomic mass is 9.99. The van der Waals surface area contributed by atoms with Crippen molar-refractivity contribution in [1.29, 1.82) is 0 Å². The van der Waals surface area contributed by atoms with Crippen LogP contribution in [0.5, 0.6) is 0 Å². The van der Waals surface area contributed by atoms with E-state index in [4.69, 9.17) is 0 Å². The lowest BCUT2D eigenvalue weighted by Gasteiger charge is -2.30. The number of hydrogen-bond acceptors (Lipinski definition) is 2. The number of aromatic nitrogens is 1. The first-order valence-electron chi connectivity index (χ1n) is 8.48. The molecule has 0 spiro atoms. The van der Waals surface area contributed by atoms with Gasteiger partial charge in [0.25, 0.3) is 0 Å². The molecule has 4 nitrogen and oxygen atoms in total. The molecule has 28 heavy (non-hydrogen) atoms. The fourth-order valence-electron chi connectivity index (χ4n) is 2.95. The van der Waals surface area contributed by atoms with Crippen molar-refractivity contribution in [3.05, 3.63) is 101 Å². The van der Waals surface area contributed by atoms with E-state index in [1.165, 1.54) is 23.2 Å². The molecule has 0 radical (unpaired) electrons. The molecule has 3 aromatic rings. The Hall–Kier alpha value is -3.35. The van der Waals surface area contributed by atoms with Gasteiger partial charge in [-0.15, -0.1) is 0 Å². The van der Waals surface area contributed by atoms with Gasteiger partial charge in [0.15, 0.2) is 0 Å². The molecule has 0 aliphatic carbocycles. The van der Waals surface area contributed by atoms with Gasteiger partial charge in [-0.05, 0) is 35.4 Å². The molecular formula is C21H17F3N2O2. The number of amides is 1. The molecule has 144 valence electrons. The number of hydrogen-bond donors (Lipinski definition) is 1. The fourth-order valence-corrected chi connectivity index (χ4v) is 2.95. The van der Waals surface area contributed by atoms with Gasteiger partial charge >= 0.3 is 12.3 Å². The summed E-state index contributed by atoms with van der Waals surface area (Å²) in [5.41, 5.74) is 0.810. The van der Waals surface area contributed by atoms with Crippen LogP contribution in [-0.4, -0.2) is 21.1 Å². The third-order valence-electron chi connectivity index (χ3n) is 4.27. The maximum absolute atomic E-state index is 12.9. The van der Waals surface area contributed by atoms with E-state index in [-0.39, 0.29) is 6.54 Å². The number of benzene rings is 2. The van der Waals surface area contributed by atoms with Crippen LogP contribution in [0, 0.1) is 0 Å². The van der Waals surface area contributed by atoms with Gasteiger partial charge in [0.1, 0.15) is 6.04 Å². The van der Waals surface area contributed by atoms with Crippen LogP contribution in [0.1, 0.15) is 28.4 Å². The Morgan fingerprint density at radius 2 is 1.61 bits per heavy atom. The van der Waals surface area contributed by atoms with Gasteiger partial charge in [-0.3, -0.25) is 9.88 Å².